The van der Waals surface area contributed by atoms with E-state index in [2.05, 4.69) is 4.40 Å². The molecule has 26 heavy (non-hydrogen) atoms. The zero-order valence-electron chi connectivity index (χ0n) is 15.0. The second kappa shape index (κ2) is 10.0. The van der Waals surface area contributed by atoms with E-state index in [-0.39, 0.29) is 5.92 Å². The summed E-state index contributed by atoms with van der Waals surface area (Å²) < 4.78 is 16.7. The van der Waals surface area contributed by atoms with Gasteiger partial charge < -0.3 is 4.55 Å². The van der Waals surface area contributed by atoms with Gasteiger partial charge in [0.05, 0.1) is 17.1 Å². The van der Waals surface area contributed by atoms with Crippen molar-refractivity contribution in [2.24, 2.45) is 10.3 Å². The van der Waals surface area contributed by atoms with Gasteiger partial charge in [-0.1, -0.05) is 71.2 Å². The van der Waals surface area contributed by atoms with Crippen molar-refractivity contribution in [2.45, 2.75) is 33.1 Å². The van der Waals surface area contributed by atoms with Gasteiger partial charge in [-0.15, -0.1) is 0 Å². The van der Waals surface area contributed by atoms with Crippen LogP contribution in [0.2, 0.25) is 15.1 Å². The van der Waals surface area contributed by atoms with Gasteiger partial charge in [0.2, 0.25) is 0 Å². The minimum Gasteiger partial charge on any atom is -0.591 e. The van der Waals surface area contributed by atoms with Crippen LogP contribution in [0.4, 0.5) is 0 Å². The van der Waals surface area contributed by atoms with E-state index in [1.165, 1.54) is 0 Å². The molecule has 2 unspecified atom stereocenters. The largest absolute Gasteiger partial charge is 0.591 e. The molecular formula is C20H22Cl3NOS. The first kappa shape index (κ1) is 21.6. The Morgan fingerprint density at radius 3 is 2.23 bits per heavy atom. The van der Waals surface area contributed by atoms with Crippen LogP contribution < -0.4 is 0 Å². The van der Waals surface area contributed by atoms with Crippen molar-refractivity contribution in [1.29, 1.82) is 0 Å². The smallest absolute Gasteiger partial charge is 0.135 e. The maximum Gasteiger partial charge on any atom is 0.135 e. The van der Waals surface area contributed by atoms with Crippen LogP contribution in [0.25, 0.3) is 0 Å². The van der Waals surface area contributed by atoms with Gasteiger partial charge in [0.15, 0.2) is 0 Å². The maximum absolute atomic E-state index is 12.3. The molecule has 0 bridgehead atoms. The quantitative estimate of drug-likeness (QED) is 0.353. The summed E-state index contributed by atoms with van der Waals surface area (Å²) in [7, 11) is 0. The van der Waals surface area contributed by atoms with Gasteiger partial charge in [-0.2, -0.15) is 0 Å². The van der Waals surface area contributed by atoms with Crippen molar-refractivity contribution in [3.05, 3.63) is 68.7 Å². The first-order valence-electron chi connectivity index (χ1n) is 8.39. The fraction of sp³-hybridized carbons (Fsp3) is 0.350. The van der Waals surface area contributed by atoms with Crippen LogP contribution in [0.5, 0.6) is 0 Å². The molecule has 2 nitrogen and oxygen atoms in total. The third-order valence-electron chi connectivity index (χ3n) is 3.94. The molecule has 0 radical (unpaired) electrons. The average Bonchev–Trinajstić information content (AvgIpc) is 2.54. The summed E-state index contributed by atoms with van der Waals surface area (Å²) in [5.74, 6) is 0.834. The van der Waals surface area contributed by atoms with Crippen molar-refractivity contribution in [3.8, 4) is 0 Å². The van der Waals surface area contributed by atoms with Crippen molar-refractivity contribution in [1.82, 2.24) is 0 Å². The number of benzene rings is 2. The van der Waals surface area contributed by atoms with E-state index in [9.17, 15) is 4.55 Å². The fourth-order valence-corrected chi connectivity index (χ4v) is 4.36. The summed E-state index contributed by atoms with van der Waals surface area (Å²) in [5, 5.41) is 1.90. The van der Waals surface area contributed by atoms with Crippen LogP contribution in [-0.2, 0) is 17.8 Å². The van der Waals surface area contributed by atoms with Crippen LogP contribution in [0, 0.1) is 5.92 Å². The summed E-state index contributed by atoms with van der Waals surface area (Å²) in [6, 6.07) is 13.1. The number of rotatable bonds is 7. The molecule has 2 aromatic carbocycles. The van der Waals surface area contributed by atoms with Gasteiger partial charge in [-0.3, -0.25) is 0 Å². The Hall–Kier alpha value is -0.710. The lowest BCUT2D eigenvalue weighted by Gasteiger charge is -2.19. The number of hydrogen-bond donors (Lipinski definition) is 0. The lowest BCUT2D eigenvalue weighted by Crippen LogP contribution is -2.17. The molecule has 0 fully saturated rings. The molecule has 6 heteroatoms. The van der Waals surface area contributed by atoms with Crippen molar-refractivity contribution >= 4 is 51.9 Å². The van der Waals surface area contributed by atoms with Crippen LogP contribution in [-0.4, -0.2) is 16.0 Å². The molecule has 2 atom stereocenters. The van der Waals surface area contributed by atoms with Crippen molar-refractivity contribution < 1.29 is 4.55 Å². The van der Waals surface area contributed by atoms with E-state index in [0.717, 1.165) is 16.8 Å². The molecule has 0 saturated heterocycles. The Bertz CT molecular complexity index is 762. The second-order valence-electron chi connectivity index (χ2n) is 6.66. The van der Waals surface area contributed by atoms with E-state index < -0.39 is 11.4 Å². The van der Waals surface area contributed by atoms with Gasteiger partial charge in [0.25, 0.3) is 0 Å². The van der Waals surface area contributed by atoms with Crippen LogP contribution in [0.3, 0.4) is 0 Å². The number of nitrogens with zero attached hydrogens (tertiary/aromatic N) is 1. The monoisotopic (exact) mass is 429 g/mol. The van der Waals surface area contributed by atoms with Crippen LogP contribution in [0.1, 0.15) is 37.8 Å². The third-order valence-corrected chi connectivity index (χ3v) is 6.22. The number of hydrogen-bond acceptors (Lipinski definition) is 2. The highest BCUT2D eigenvalue weighted by Gasteiger charge is 2.21. The topological polar surface area (TPSA) is 35.4 Å². The standard InChI is InChI=1S/C20H22Cl3NOS/c1-13(2)12-26(25)24-14(3)19(15-4-7-17(21)8-5-15)10-16-6-9-18(22)11-20(16)23/h4-9,11,13,19H,10,12H2,1-3H3/b24-14+. The Morgan fingerprint density at radius 1 is 1.04 bits per heavy atom. The molecular weight excluding hydrogens is 409 g/mol. The summed E-state index contributed by atoms with van der Waals surface area (Å²) in [6.45, 7) is 5.99. The molecule has 2 aromatic rings. The summed E-state index contributed by atoms with van der Waals surface area (Å²) in [5.41, 5.74) is 2.85. The highest BCUT2D eigenvalue weighted by Crippen LogP contribution is 2.29. The second-order valence-corrected chi connectivity index (χ2v) is 9.10. The Kier molecular flexibility index (Phi) is 8.31. The minimum absolute atomic E-state index is 0.0398. The summed E-state index contributed by atoms with van der Waals surface area (Å²) in [4.78, 5) is 0. The van der Waals surface area contributed by atoms with Gasteiger partial charge in [0.1, 0.15) is 5.75 Å². The molecule has 0 spiro atoms. The van der Waals surface area contributed by atoms with Crippen molar-refractivity contribution in [2.75, 3.05) is 5.75 Å². The molecule has 140 valence electrons. The highest BCUT2D eigenvalue weighted by molar-refractivity contribution is 7.90. The van der Waals surface area contributed by atoms with E-state index in [4.69, 9.17) is 34.8 Å². The molecule has 0 aliphatic heterocycles. The van der Waals surface area contributed by atoms with Gasteiger partial charge in [-0.25, -0.2) is 0 Å². The minimum atomic E-state index is -1.24. The highest BCUT2D eigenvalue weighted by atomic mass is 35.5. The lowest BCUT2D eigenvalue weighted by molar-refractivity contribution is 0.583. The predicted octanol–water partition coefficient (Wildman–Crippen LogP) is 6.75. The first-order chi connectivity index (χ1) is 12.3. The van der Waals surface area contributed by atoms with Gasteiger partial charge >= 0.3 is 0 Å². The van der Waals surface area contributed by atoms with E-state index in [1.54, 1.807) is 6.07 Å². The van der Waals surface area contributed by atoms with E-state index in [1.807, 2.05) is 57.2 Å². The van der Waals surface area contributed by atoms with E-state index in [0.29, 0.717) is 33.2 Å². The molecule has 0 aliphatic carbocycles. The average molecular weight is 431 g/mol. The third kappa shape index (κ3) is 6.47. The normalized spacial score (nSPS) is 14.5. The zero-order chi connectivity index (χ0) is 19.3. The molecule has 2 rings (SSSR count). The molecule has 0 saturated carbocycles. The molecule has 0 aliphatic rings. The predicted molar refractivity (Wildman–Crippen MR) is 115 cm³/mol. The Labute approximate surface area is 173 Å². The zero-order valence-corrected chi connectivity index (χ0v) is 18.1. The van der Waals surface area contributed by atoms with Gasteiger partial charge in [-0.05, 0) is 48.7 Å². The summed E-state index contributed by atoms with van der Waals surface area (Å²) in [6.07, 6.45) is 0.645. The molecule has 0 amide bonds. The molecule has 0 N–H and O–H groups in total. The molecule has 0 aromatic heterocycles. The summed E-state index contributed by atoms with van der Waals surface area (Å²) >= 11 is 17.2. The first-order valence-corrected chi connectivity index (χ1v) is 10.8. The fourth-order valence-electron chi connectivity index (χ4n) is 2.66. The molecule has 0 heterocycles. The lowest BCUT2D eigenvalue weighted by atomic mass is 9.88. The van der Waals surface area contributed by atoms with E-state index >= 15 is 0 Å². The van der Waals surface area contributed by atoms with Crippen LogP contribution >= 0.6 is 34.8 Å². The van der Waals surface area contributed by atoms with Crippen molar-refractivity contribution in [3.63, 3.8) is 0 Å². The van der Waals surface area contributed by atoms with Crippen LogP contribution in [0.15, 0.2) is 46.9 Å². The number of halogens is 3. The Balaban J connectivity index is 2.35. The maximum atomic E-state index is 12.3. The van der Waals surface area contributed by atoms with Gasteiger partial charge in [0, 0.05) is 26.9 Å². The SMILES string of the molecule is C/C(=N\[S+]([O-])CC(C)C)C(Cc1ccc(Cl)cc1Cl)c1ccc(Cl)cc1. The Morgan fingerprint density at radius 2 is 1.65 bits per heavy atom.